The second-order valence-electron chi connectivity index (χ2n) is 5.72. The van der Waals surface area contributed by atoms with Crippen molar-refractivity contribution >= 4 is 29.9 Å². The van der Waals surface area contributed by atoms with Gasteiger partial charge in [0.1, 0.15) is 11.6 Å². The van der Waals surface area contributed by atoms with Crippen molar-refractivity contribution in [2.45, 2.75) is 52.7 Å². The summed E-state index contributed by atoms with van der Waals surface area (Å²) in [4.78, 5) is 4.24. The van der Waals surface area contributed by atoms with Crippen molar-refractivity contribution in [2.24, 2.45) is 4.99 Å². The quantitative estimate of drug-likeness (QED) is 0.423. The van der Waals surface area contributed by atoms with Crippen molar-refractivity contribution in [3.05, 3.63) is 28.7 Å². The van der Waals surface area contributed by atoms with Crippen LogP contribution in [-0.2, 0) is 26.1 Å². The van der Waals surface area contributed by atoms with E-state index in [-0.39, 0.29) is 24.0 Å². The summed E-state index contributed by atoms with van der Waals surface area (Å²) in [5.41, 5.74) is 1.96. The van der Waals surface area contributed by atoms with Gasteiger partial charge in [-0.05, 0) is 26.7 Å². The Bertz CT molecular complexity index is 687. The Morgan fingerprint density at radius 2 is 2.00 bits per heavy atom. The van der Waals surface area contributed by atoms with Crippen LogP contribution in [0, 0.1) is 13.8 Å². The second kappa shape index (κ2) is 8.45. The fourth-order valence-corrected chi connectivity index (χ4v) is 2.81. The minimum absolute atomic E-state index is 0. The largest absolute Gasteiger partial charge is 0.361 e. The van der Waals surface area contributed by atoms with Gasteiger partial charge < -0.3 is 19.7 Å². The van der Waals surface area contributed by atoms with E-state index in [0.717, 1.165) is 47.6 Å². The molecule has 132 valence electrons. The fraction of sp³-hybridized carbons (Fsp3) is 0.600. The van der Waals surface area contributed by atoms with Gasteiger partial charge in [-0.15, -0.1) is 34.2 Å². The summed E-state index contributed by atoms with van der Waals surface area (Å²) in [6, 6.07) is 0. The van der Waals surface area contributed by atoms with E-state index in [1.54, 1.807) is 7.05 Å². The number of nitrogens with one attached hydrogen (secondary N) is 2. The van der Waals surface area contributed by atoms with Crippen molar-refractivity contribution in [1.82, 2.24) is 30.6 Å². The van der Waals surface area contributed by atoms with Gasteiger partial charge in [0.15, 0.2) is 11.8 Å². The molecule has 24 heavy (non-hydrogen) atoms. The Labute approximate surface area is 158 Å². The molecule has 0 aromatic carbocycles. The number of aryl methyl sites for hydroxylation is 3. The molecule has 8 nitrogen and oxygen atoms in total. The molecule has 0 aliphatic carbocycles. The molecule has 3 heterocycles. The summed E-state index contributed by atoms with van der Waals surface area (Å²) in [6.45, 7) is 6.08. The zero-order chi connectivity index (χ0) is 16.2. The van der Waals surface area contributed by atoms with Crippen molar-refractivity contribution < 1.29 is 4.52 Å². The summed E-state index contributed by atoms with van der Waals surface area (Å²) < 4.78 is 7.38. The standard InChI is InChI=1S/C15H23N7O.HI/c1-10-12(11(2)23-21-10)8-17-15(16-3)18-9-14-20-19-13-6-4-5-7-22(13)14;/h4-9H2,1-3H3,(H2,16,17,18);1H. The number of hydrogen-bond acceptors (Lipinski definition) is 5. The second-order valence-corrected chi connectivity index (χ2v) is 5.72. The van der Waals surface area contributed by atoms with E-state index in [2.05, 4.69) is 35.5 Å². The van der Waals surface area contributed by atoms with Gasteiger partial charge in [-0.2, -0.15) is 0 Å². The van der Waals surface area contributed by atoms with Crippen LogP contribution in [-0.4, -0.2) is 32.9 Å². The third-order valence-electron chi connectivity index (χ3n) is 4.19. The molecule has 9 heteroatoms. The highest BCUT2D eigenvalue weighted by Gasteiger charge is 2.16. The SMILES string of the molecule is CN=C(NCc1c(C)noc1C)NCc1nnc2n1CCCC2.I. The minimum atomic E-state index is 0. The molecule has 1 aliphatic heterocycles. The zero-order valence-electron chi connectivity index (χ0n) is 14.3. The van der Waals surface area contributed by atoms with E-state index in [1.807, 2.05) is 13.8 Å². The summed E-state index contributed by atoms with van der Waals surface area (Å²) in [7, 11) is 1.75. The van der Waals surface area contributed by atoms with Crippen LogP contribution in [0.5, 0.6) is 0 Å². The molecule has 0 unspecified atom stereocenters. The molecule has 0 amide bonds. The van der Waals surface area contributed by atoms with Gasteiger partial charge in [0, 0.05) is 32.1 Å². The van der Waals surface area contributed by atoms with Crippen molar-refractivity contribution in [3.8, 4) is 0 Å². The molecule has 2 aromatic heterocycles. The highest BCUT2D eigenvalue weighted by atomic mass is 127. The van der Waals surface area contributed by atoms with E-state index >= 15 is 0 Å². The molecule has 2 aromatic rings. The molecule has 1 aliphatic rings. The first kappa shape index (κ1) is 18.7. The van der Waals surface area contributed by atoms with Crippen LogP contribution in [0.4, 0.5) is 0 Å². The number of aliphatic imine (C=N–C) groups is 1. The van der Waals surface area contributed by atoms with E-state index in [4.69, 9.17) is 4.52 Å². The molecule has 0 bridgehead atoms. The summed E-state index contributed by atoms with van der Waals surface area (Å²) in [5, 5.41) is 19.1. The minimum Gasteiger partial charge on any atom is -0.361 e. The lowest BCUT2D eigenvalue weighted by Crippen LogP contribution is -2.37. The fourth-order valence-electron chi connectivity index (χ4n) is 2.81. The smallest absolute Gasteiger partial charge is 0.191 e. The number of hydrogen-bond donors (Lipinski definition) is 2. The molecule has 0 saturated heterocycles. The highest BCUT2D eigenvalue weighted by molar-refractivity contribution is 14.0. The first-order chi connectivity index (χ1) is 11.2. The monoisotopic (exact) mass is 445 g/mol. The molecule has 0 radical (unpaired) electrons. The van der Waals surface area contributed by atoms with Crippen molar-refractivity contribution in [2.75, 3.05) is 7.05 Å². The lowest BCUT2D eigenvalue weighted by molar-refractivity contribution is 0.392. The summed E-state index contributed by atoms with van der Waals surface area (Å²) in [5.74, 6) is 3.60. The molecule has 3 rings (SSSR count). The number of aromatic nitrogens is 4. The van der Waals surface area contributed by atoms with E-state index < -0.39 is 0 Å². The van der Waals surface area contributed by atoms with E-state index in [0.29, 0.717) is 13.1 Å². The normalized spacial score (nSPS) is 14.0. The summed E-state index contributed by atoms with van der Waals surface area (Å²) in [6.07, 6.45) is 3.41. The first-order valence-electron chi connectivity index (χ1n) is 7.96. The van der Waals surface area contributed by atoms with E-state index in [1.165, 1.54) is 12.8 Å². The van der Waals surface area contributed by atoms with Gasteiger partial charge in [-0.1, -0.05) is 5.16 Å². The average Bonchev–Trinajstić information content (AvgIpc) is 3.12. The molecule has 0 spiro atoms. The zero-order valence-corrected chi connectivity index (χ0v) is 16.6. The van der Waals surface area contributed by atoms with Crippen LogP contribution in [0.1, 0.15) is 41.5 Å². The predicted octanol–water partition coefficient (Wildman–Crippen LogP) is 1.70. The average molecular weight is 445 g/mol. The summed E-state index contributed by atoms with van der Waals surface area (Å²) >= 11 is 0. The van der Waals surface area contributed by atoms with Crippen LogP contribution in [0.15, 0.2) is 9.52 Å². The Balaban J connectivity index is 0.00000208. The van der Waals surface area contributed by atoms with Crippen molar-refractivity contribution in [1.29, 1.82) is 0 Å². The maximum atomic E-state index is 5.17. The number of rotatable bonds is 4. The Morgan fingerprint density at radius 1 is 1.21 bits per heavy atom. The Kier molecular flexibility index (Phi) is 6.58. The third kappa shape index (κ3) is 4.05. The highest BCUT2D eigenvalue weighted by Crippen LogP contribution is 2.14. The number of nitrogens with zero attached hydrogens (tertiary/aromatic N) is 5. The topological polar surface area (TPSA) is 93.2 Å². The molecule has 0 atom stereocenters. The molecule has 0 fully saturated rings. The molecule has 0 saturated carbocycles. The van der Waals surface area contributed by atoms with Gasteiger partial charge in [0.2, 0.25) is 0 Å². The van der Waals surface area contributed by atoms with Gasteiger partial charge >= 0.3 is 0 Å². The van der Waals surface area contributed by atoms with Gasteiger partial charge in [-0.25, -0.2) is 0 Å². The van der Waals surface area contributed by atoms with Crippen LogP contribution < -0.4 is 10.6 Å². The lowest BCUT2D eigenvalue weighted by Gasteiger charge is -2.16. The van der Waals surface area contributed by atoms with Crippen LogP contribution in [0.25, 0.3) is 0 Å². The molecular weight excluding hydrogens is 421 g/mol. The maximum absolute atomic E-state index is 5.17. The van der Waals surface area contributed by atoms with Gasteiger partial charge in [0.25, 0.3) is 0 Å². The third-order valence-corrected chi connectivity index (χ3v) is 4.19. The lowest BCUT2D eigenvalue weighted by atomic mass is 10.2. The van der Waals surface area contributed by atoms with Crippen LogP contribution >= 0.6 is 24.0 Å². The van der Waals surface area contributed by atoms with E-state index in [9.17, 15) is 0 Å². The number of guanidine groups is 1. The van der Waals surface area contributed by atoms with Crippen LogP contribution in [0.2, 0.25) is 0 Å². The van der Waals surface area contributed by atoms with Crippen molar-refractivity contribution in [3.63, 3.8) is 0 Å². The number of fused-ring (bicyclic) bond motifs is 1. The Morgan fingerprint density at radius 3 is 2.71 bits per heavy atom. The molecule has 2 N–H and O–H groups in total. The van der Waals surface area contributed by atoms with Crippen LogP contribution in [0.3, 0.4) is 0 Å². The number of halogens is 1. The Hall–Kier alpha value is -1.65. The maximum Gasteiger partial charge on any atom is 0.191 e. The molecular formula is C15H24IN7O. The first-order valence-corrected chi connectivity index (χ1v) is 7.96. The van der Waals surface area contributed by atoms with Gasteiger partial charge in [-0.3, -0.25) is 4.99 Å². The predicted molar refractivity (Wildman–Crippen MR) is 101 cm³/mol. The van der Waals surface area contributed by atoms with Gasteiger partial charge in [0.05, 0.1) is 12.2 Å².